The Balaban J connectivity index is 2.30. The van der Waals surface area contributed by atoms with Crippen molar-refractivity contribution in [3.8, 4) is 11.3 Å². The third-order valence-electron chi connectivity index (χ3n) is 2.88. The highest BCUT2D eigenvalue weighted by Gasteiger charge is 2.18. The number of nitrogen functional groups attached to an aromatic ring is 1. The van der Waals surface area contributed by atoms with E-state index in [9.17, 15) is 17.6 Å². The van der Waals surface area contributed by atoms with Gasteiger partial charge in [-0.25, -0.2) is 22.5 Å². The molecule has 7 heteroatoms. The minimum atomic E-state index is -1.31. The molecule has 0 radical (unpaired) electrons. The molecule has 2 heterocycles. The van der Waals surface area contributed by atoms with E-state index < -0.39 is 23.3 Å². The molecule has 3 nitrogen and oxygen atoms in total. The summed E-state index contributed by atoms with van der Waals surface area (Å²) in [6, 6.07) is 3.58. The maximum atomic E-state index is 13.7. The topological polar surface area (TPSA) is 43.3 Å². The maximum absolute atomic E-state index is 13.7. The van der Waals surface area contributed by atoms with Crippen LogP contribution in [0.1, 0.15) is 0 Å². The van der Waals surface area contributed by atoms with Crippen molar-refractivity contribution in [1.29, 1.82) is 0 Å². The van der Waals surface area contributed by atoms with E-state index in [0.717, 1.165) is 12.3 Å². The Morgan fingerprint density at radius 1 is 0.950 bits per heavy atom. The zero-order valence-electron chi connectivity index (χ0n) is 9.87. The highest BCUT2D eigenvalue weighted by atomic mass is 19.2. The Morgan fingerprint density at radius 2 is 1.65 bits per heavy atom. The van der Waals surface area contributed by atoms with Crippen molar-refractivity contribution in [1.82, 2.24) is 9.38 Å². The molecule has 0 spiro atoms. The number of pyridine rings is 1. The van der Waals surface area contributed by atoms with E-state index in [2.05, 4.69) is 4.98 Å². The fraction of sp³-hybridized carbons (Fsp3) is 0. The zero-order chi connectivity index (χ0) is 14.4. The van der Waals surface area contributed by atoms with Crippen LogP contribution in [0.25, 0.3) is 16.9 Å². The van der Waals surface area contributed by atoms with Crippen LogP contribution in [-0.4, -0.2) is 9.38 Å². The van der Waals surface area contributed by atoms with E-state index >= 15 is 0 Å². The van der Waals surface area contributed by atoms with Crippen LogP contribution in [0.4, 0.5) is 23.4 Å². The number of fused-ring (bicyclic) bond motifs is 1. The summed E-state index contributed by atoms with van der Waals surface area (Å²) in [4.78, 5) is 4.00. The molecule has 0 saturated carbocycles. The quantitative estimate of drug-likeness (QED) is 0.550. The molecule has 3 rings (SSSR count). The Labute approximate surface area is 110 Å². The van der Waals surface area contributed by atoms with Crippen LogP contribution in [-0.2, 0) is 0 Å². The monoisotopic (exact) mass is 281 g/mol. The fourth-order valence-electron chi connectivity index (χ4n) is 1.94. The average Bonchev–Trinajstić information content (AvgIpc) is 2.71. The number of hydrogen-bond acceptors (Lipinski definition) is 2. The summed E-state index contributed by atoms with van der Waals surface area (Å²) in [5.41, 5.74) is 5.65. The summed E-state index contributed by atoms with van der Waals surface area (Å²) in [5, 5.41) is 0. The van der Waals surface area contributed by atoms with Crippen LogP contribution < -0.4 is 5.73 Å². The maximum Gasteiger partial charge on any atom is 0.161 e. The van der Waals surface area contributed by atoms with Crippen LogP contribution in [0.2, 0.25) is 0 Å². The first kappa shape index (κ1) is 12.5. The third-order valence-corrected chi connectivity index (χ3v) is 2.88. The number of anilines is 1. The molecule has 2 N–H and O–H groups in total. The van der Waals surface area contributed by atoms with E-state index in [1.54, 1.807) is 0 Å². The van der Waals surface area contributed by atoms with E-state index in [1.807, 2.05) is 0 Å². The fourth-order valence-corrected chi connectivity index (χ4v) is 1.94. The minimum Gasteiger partial charge on any atom is -0.383 e. The van der Waals surface area contributed by atoms with Crippen LogP contribution in [0.5, 0.6) is 0 Å². The molecule has 0 unspecified atom stereocenters. The van der Waals surface area contributed by atoms with Crippen molar-refractivity contribution in [2.24, 2.45) is 0 Å². The largest absolute Gasteiger partial charge is 0.383 e. The molecule has 0 amide bonds. The van der Waals surface area contributed by atoms with Gasteiger partial charge in [0.2, 0.25) is 0 Å². The lowest BCUT2D eigenvalue weighted by Crippen LogP contribution is -1.97. The van der Waals surface area contributed by atoms with Crippen molar-refractivity contribution in [3.05, 3.63) is 53.7 Å². The Kier molecular flexibility index (Phi) is 2.63. The summed E-state index contributed by atoms with van der Waals surface area (Å²) >= 11 is 0. The molecular formula is C13H7F4N3. The van der Waals surface area contributed by atoms with E-state index in [4.69, 9.17) is 5.73 Å². The number of halogens is 4. The number of nitrogens with zero attached hydrogens (tertiary/aromatic N) is 2. The summed E-state index contributed by atoms with van der Waals surface area (Å²) < 4.78 is 54.2. The molecule has 1 aromatic carbocycles. The van der Waals surface area contributed by atoms with Gasteiger partial charge in [0.05, 0.1) is 0 Å². The second-order valence-corrected chi connectivity index (χ2v) is 4.17. The first-order chi connectivity index (χ1) is 9.47. The van der Waals surface area contributed by atoms with Gasteiger partial charge in [-0.15, -0.1) is 0 Å². The molecule has 20 heavy (non-hydrogen) atoms. The highest BCUT2D eigenvalue weighted by molar-refractivity contribution is 5.75. The molecule has 0 fully saturated rings. The second-order valence-electron chi connectivity index (χ2n) is 4.17. The Morgan fingerprint density at radius 3 is 2.40 bits per heavy atom. The number of hydrogen-bond donors (Lipinski definition) is 1. The van der Waals surface area contributed by atoms with Gasteiger partial charge in [0, 0.05) is 17.8 Å². The van der Waals surface area contributed by atoms with E-state index in [0.29, 0.717) is 12.1 Å². The summed E-state index contributed by atoms with van der Waals surface area (Å²) in [6.45, 7) is 0. The first-order valence-electron chi connectivity index (χ1n) is 5.55. The van der Waals surface area contributed by atoms with Crippen molar-refractivity contribution in [3.63, 3.8) is 0 Å². The molecule has 0 bridgehead atoms. The van der Waals surface area contributed by atoms with Gasteiger partial charge in [-0.2, -0.15) is 0 Å². The lowest BCUT2D eigenvalue weighted by Gasteiger charge is -2.02. The smallest absolute Gasteiger partial charge is 0.161 e. The first-order valence-corrected chi connectivity index (χ1v) is 5.55. The lowest BCUT2D eigenvalue weighted by atomic mass is 10.1. The Hall–Kier alpha value is -2.57. The predicted octanol–water partition coefficient (Wildman–Crippen LogP) is 3.14. The van der Waals surface area contributed by atoms with Gasteiger partial charge in [-0.1, -0.05) is 0 Å². The third kappa shape index (κ3) is 1.78. The van der Waals surface area contributed by atoms with Gasteiger partial charge in [0.25, 0.3) is 0 Å². The Bertz CT molecular complexity index is 826. The minimum absolute atomic E-state index is 0.0654. The molecule has 0 atom stereocenters. The highest BCUT2D eigenvalue weighted by Crippen LogP contribution is 2.30. The molecule has 3 aromatic rings. The summed E-state index contributed by atoms with van der Waals surface area (Å²) in [6.07, 6.45) is 1.07. The molecule has 0 aliphatic heterocycles. The number of benzene rings is 1. The van der Waals surface area contributed by atoms with E-state index in [1.165, 1.54) is 10.5 Å². The molecule has 2 aromatic heterocycles. The van der Waals surface area contributed by atoms with Gasteiger partial charge < -0.3 is 5.73 Å². The summed E-state index contributed by atoms with van der Waals surface area (Å²) in [5.74, 6) is -4.15. The van der Waals surface area contributed by atoms with Gasteiger partial charge in [-0.3, -0.25) is 4.40 Å². The lowest BCUT2D eigenvalue weighted by molar-refractivity contribution is 0.496. The molecule has 0 aliphatic rings. The number of nitrogens with two attached hydrogens (primary N) is 1. The number of aromatic nitrogens is 2. The van der Waals surface area contributed by atoms with Crippen LogP contribution in [0.3, 0.4) is 0 Å². The summed E-state index contributed by atoms with van der Waals surface area (Å²) in [7, 11) is 0. The molecule has 102 valence electrons. The zero-order valence-corrected chi connectivity index (χ0v) is 9.87. The number of imidazole rings is 1. The van der Waals surface area contributed by atoms with Crippen LogP contribution in [0.15, 0.2) is 30.5 Å². The van der Waals surface area contributed by atoms with Gasteiger partial charge in [-0.05, 0) is 18.2 Å². The standard InChI is InChI=1S/C13H7F4N3/c14-6-1-2-11-19-12(13(18)20(11)5-6)7-3-9(16)10(17)4-8(7)15/h1-5H,18H2. The normalized spacial score (nSPS) is 11.2. The van der Waals surface area contributed by atoms with Crippen molar-refractivity contribution in [2.75, 3.05) is 5.73 Å². The van der Waals surface area contributed by atoms with Crippen molar-refractivity contribution >= 4 is 11.5 Å². The van der Waals surface area contributed by atoms with E-state index in [-0.39, 0.29) is 22.7 Å². The average molecular weight is 281 g/mol. The molecular weight excluding hydrogens is 274 g/mol. The molecule has 0 aliphatic carbocycles. The second kappa shape index (κ2) is 4.22. The van der Waals surface area contributed by atoms with Gasteiger partial charge in [0.1, 0.15) is 28.8 Å². The SMILES string of the molecule is Nc1c(-c2cc(F)c(F)cc2F)nc2ccc(F)cn12. The van der Waals surface area contributed by atoms with Crippen molar-refractivity contribution < 1.29 is 17.6 Å². The van der Waals surface area contributed by atoms with Crippen molar-refractivity contribution in [2.45, 2.75) is 0 Å². The van der Waals surface area contributed by atoms with Crippen LogP contribution >= 0.6 is 0 Å². The molecule has 0 saturated heterocycles. The van der Waals surface area contributed by atoms with Crippen LogP contribution in [0, 0.1) is 23.3 Å². The number of rotatable bonds is 1. The predicted molar refractivity (Wildman–Crippen MR) is 64.9 cm³/mol. The van der Waals surface area contributed by atoms with Gasteiger partial charge in [0.15, 0.2) is 11.6 Å². The van der Waals surface area contributed by atoms with Gasteiger partial charge >= 0.3 is 0 Å².